The number of rotatable bonds is 9. The van der Waals surface area contributed by atoms with Gasteiger partial charge in [-0.2, -0.15) is 0 Å². The first kappa shape index (κ1) is 18.3. The van der Waals surface area contributed by atoms with Crippen molar-refractivity contribution in [1.82, 2.24) is 0 Å². The highest BCUT2D eigenvalue weighted by Gasteiger charge is 2.03. The van der Waals surface area contributed by atoms with Crippen LogP contribution in [0.1, 0.15) is 43.0 Å². The molecule has 0 heterocycles. The third-order valence-electron chi connectivity index (χ3n) is 3.76. The van der Waals surface area contributed by atoms with Gasteiger partial charge in [0.15, 0.2) is 0 Å². The van der Waals surface area contributed by atoms with Crippen molar-refractivity contribution in [3.8, 4) is 11.1 Å². The first-order valence-corrected chi connectivity index (χ1v) is 9.41. The minimum atomic E-state index is -0.892. The smallest absolute Gasteiger partial charge is 0.335 e. The molecule has 126 valence electrons. The number of unbranched alkanes of at least 4 members (excludes halogenated alkanes) is 2. The van der Waals surface area contributed by atoms with Gasteiger partial charge in [0, 0.05) is 10.6 Å². The maximum atomic E-state index is 10.9. The Kier molecular flexibility index (Phi) is 7.63. The number of carbonyl (C=O) groups is 1. The average Bonchev–Trinajstić information content (AvgIpc) is 2.61. The zero-order valence-electron chi connectivity index (χ0n) is 14.1. The molecule has 0 saturated carbocycles. The van der Waals surface area contributed by atoms with Crippen LogP contribution in [0, 0.1) is 0 Å². The van der Waals surface area contributed by atoms with Crippen molar-refractivity contribution < 1.29 is 9.90 Å². The molecule has 2 rings (SSSR count). The molecule has 3 heteroatoms. The summed E-state index contributed by atoms with van der Waals surface area (Å²) in [5, 5.41) is 8.94. The van der Waals surface area contributed by atoms with E-state index in [-0.39, 0.29) is 0 Å². The lowest BCUT2D eigenvalue weighted by Gasteiger charge is -2.05. The van der Waals surface area contributed by atoms with Crippen LogP contribution in [0.2, 0.25) is 0 Å². The van der Waals surface area contributed by atoms with Crippen LogP contribution in [-0.4, -0.2) is 16.8 Å². The van der Waals surface area contributed by atoms with E-state index in [4.69, 9.17) is 5.11 Å². The topological polar surface area (TPSA) is 37.3 Å². The van der Waals surface area contributed by atoms with Crippen LogP contribution in [0.5, 0.6) is 0 Å². The molecule has 0 atom stereocenters. The second-order valence-electron chi connectivity index (χ2n) is 5.66. The summed E-state index contributed by atoms with van der Waals surface area (Å²) in [5.41, 5.74) is 2.46. The zero-order valence-corrected chi connectivity index (χ0v) is 14.9. The third-order valence-corrected chi connectivity index (χ3v) is 4.81. The number of hydrogen-bond donors (Lipinski definition) is 1. The fourth-order valence-corrected chi connectivity index (χ4v) is 3.17. The number of carboxylic acid groups (broad SMARTS) is 1. The van der Waals surface area contributed by atoms with Crippen molar-refractivity contribution >= 4 is 17.7 Å². The highest BCUT2D eigenvalue weighted by Crippen LogP contribution is 2.25. The standard InChI is InChI=1S/C21H24O2S/c1-2-3-4-5-6-7-16-24-20-14-12-18(13-15-20)17-8-10-19(11-9-17)21(22)23/h5-6,8-15H,2-4,7,16H2,1H3,(H,22,23). The van der Waals surface area contributed by atoms with Gasteiger partial charge in [0.2, 0.25) is 0 Å². The van der Waals surface area contributed by atoms with E-state index in [1.165, 1.54) is 24.2 Å². The first-order chi connectivity index (χ1) is 11.7. The van der Waals surface area contributed by atoms with Crippen LogP contribution >= 0.6 is 11.8 Å². The Morgan fingerprint density at radius 2 is 1.54 bits per heavy atom. The summed E-state index contributed by atoms with van der Waals surface area (Å²) in [6.45, 7) is 2.22. The molecule has 0 aliphatic rings. The van der Waals surface area contributed by atoms with E-state index in [0.717, 1.165) is 23.3 Å². The Balaban J connectivity index is 1.84. The van der Waals surface area contributed by atoms with E-state index in [0.29, 0.717) is 5.56 Å². The molecular weight excluding hydrogens is 316 g/mol. The summed E-state index contributed by atoms with van der Waals surface area (Å²) in [6.07, 6.45) is 9.39. The van der Waals surface area contributed by atoms with E-state index in [1.807, 2.05) is 23.9 Å². The van der Waals surface area contributed by atoms with Gasteiger partial charge in [-0.05, 0) is 48.2 Å². The molecule has 0 saturated heterocycles. The van der Waals surface area contributed by atoms with Crippen LogP contribution in [-0.2, 0) is 0 Å². The number of allylic oxidation sites excluding steroid dienone is 2. The van der Waals surface area contributed by atoms with Gasteiger partial charge >= 0.3 is 5.97 Å². The normalized spacial score (nSPS) is 11.0. The van der Waals surface area contributed by atoms with Gasteiger partial charge in [-0.15, -0.1) is 11.8 Å². The molecule has 0 amide bonds. The summed E-state index contributed by atoms with van der Waals surface area (Å²) in [4.78, 5) is 12.2. The van der Waals surface area contributed by atoms with Crippen LogP contribution in [0.25, 0.3) is 11.1 Å². The molecule has 0 unspecified atom stereocenters. The Labute approximate surface area is 148 Å². The van der Waals surface area contributed by atoms with E-state index in [9.17, 15) is 4.79 Å². The second kappa shape index (κ2) is 9.99. The quantitative estimate of drug-likeness (QED) is 0.331. The molecule has 0 fully saturated rings. The van der Waals surface area contributed by atoms with Gasteiger partial charge in [-0.1, -0.05) is 56.2 Å². The van der Waals surface area contributed by atoms with Crippen LogP contribution in [0.15, 0.2) is 65.6 Å². The molecule has 0 bridgehead atoms. The van der Waals surface area contributed by atoms with E-state index < -0.39 is 5.97 Å². The van der Waals surface area contributed by atoms with Gasteiger partial charge < -0.3 is 5.11 Å². The van der Waals surface area contributed by atoms with Crippen molar-refractivity contribution in [3.63, 3.8) is 0 Å². The van der Waals surface area contributed by atoms with Crippen molar-refractivity contribution in [2.45, 2.75) is 37.5 Å². The van der Waals surface area contributed by atoms with E-state index in [2.05, 4.69) is 43.3 Å². The van der Waals surface area contributed by atoms with Crippen LogP contribution in [0.4, 0.5) is 0 Å². The van der Waals surface area contributed by atoms with Gasteiger partial charge in [-0.3, -0.25) is 0 Å². The van der Waals surface area contributed by atoms with Crippen molar-refractivity contribution in [2.75, 3.05) is 5.75 Å². The van der Waals surface area contributed by atoms with Gasteiger partial charge in [0.1, 0.15) is 0 Å². The van der Waals surface area contributed by atoms with Crippen molar-refractivity contribution in [3.05, 3.63) is 66.2 Å². The Morgan fingerprint density at radius 1 is 0.958 bits per heavy atom. The first-order valence-electron chi connectivity index (χ1n) is 8.42. The molecule has 0 aliphatic heterocycles. The highest BCUT2D eigenvalue weighted by atomic mass is 32.2. The summed E-state index contributed by atoms with van der Waals surface area (Å²) >= 11 is 1.87. The Bertz CT molecular complexity index is 657. The monoisotopic (exact) mass is 340 g/mol. The summed E-state index contributed by atoms with van der Waals surface area (Å²) in [7, 11) is 0. The molecule has 2 nitrogen and oxygen atoms in total. The minimum Gasteiger partial charge on any atom is -0.478 e. The number of hydrogen-bond acceptors (Lipinski definition) is 2. The molecule has 0 aliphatic carbocycles. The summed E-state index contributed by atoms with van der Waals surface area (Å²) in [5.74, 6) is 0.201. The summed E-state index contributed by atoms with van der Waals surface area (Å²) in [6, 6.07) is 15.4. The number of thioether (sulfide) groups is 1. The highest BCUT2D eigenvalue weighted by molar-refractivity contribution is 7.99. The molecular formula is C21H24O2S. The number of benzene rings is 2. The Hall–Kier alpha value is -2.00. The fourth-order valence-electron chi connectivity index (χ4n) is 2.35. The van der Waals surface area contributed by atoms with Crippen molar-refractivity contribution in [2.24, 2.45) is 0 Å². The lowest BCUT2D eigenvalue weighted by Crippen LogP contribution is -1.94. The van der Waals surface area contributed by atoms with E-state index in [1.54, 1.807) is 12.1 Å². The van der Waals surface area contributed by atoms with Gasteiger partial charge in [0.25, 0.3) is 0 Å². The SMILES string of the molecule is CCCCC=CCCSc1ccc(-c2ccc(C(=O)O)cc2)cc1. The van der Waals surface area contributed by atoms with Gasteiger partial charge in [0.05, 0.1) is 5.56 Å². The zero-order chi connectivity index (χ0) is 17.2. The maximum Gasteiger partial charge on any atom is 0.335 e. The molecule has 0 aromatic heterocycles. The predicted molar refractivity (Wildman–Crippen MR) is 103 cm³/mol. The Morgan fingerprint density at radius 3 is 2.12 bits per heavy atom. The maximum absolute atomic E-state index is 10.9. The fraction of sp³-hybridized carbons (Fsp3) is 0.286. The molecule has 2 aromatic rings. The molecule has 0 radical (unpaired) electrons. The van der Waals surface area contributed by atoms with E-state index >= 15 is 0 Å². The third kappa shape index (κ3) is 5.89. The lowest BCUT2D eigenvalue weighted by atomic mass is 10.0. The molecule has 1 N–H and O–H groups in total. The number of carboxylic acids is 1. The van der Waals surface area contributed by atoms with Crippen molar-refractivity contribution in [1.29, 1.82) is 0 Å². The van der Waals surface area contributed by atoms with Gasteiger partial charge in [-0.25, -0.2) is 4.79 Å². The molecule has 0 spiro atoms. The largest absolute Gasteiger partial charge is 0.478 e. The minimum absolute atomic E-state index is 0.318. The molecule has 2 aromatic carbocycles. The number of aromatic carboxylic acids is 1. The summed E-state index contributed by atoms with van der Waals surface area (Å²) < 4.78 is 0. The predicted octanol–water partition coefficient (Wildman–Crippen LogP) is 6.28. The molecule has 24 heavy (non-hydrogen) atoms. The van der Waals surface area contributed by atoms with Crippen LogP contribution < -0.4 is 0 Å². The second-order valence-corrected chi connectivity index (χ2v) is 6.83. The lowest BCUT2D eigenvalue weighted by molar-refractivity contribution is 0.0697. The average molecular weight is 340 g/mol. The van der Waals surface area contributed by atoms with Crippen LogP contribution in [0.3, 0.4) is 0 Å².